The van der Waals surface area contributed by atoms with Gasteiger partial charge in [0.25, 0.3) is 0 Å². The van der Waals surface area contributed by atoms with Gasteiger partial charge in [-0.1, -0.05) is 36.4 Å². The lowest BCUT2D eigenvalue weighted by Crippen LogP contribution is -2.35. The van der Waals surface area contributed by atoms with Gasteiger partial charge in [-0.15, -0.1) is 0 Å². The molecule has 4 nitrogen and oxygen atoms in total. The Balaban J connectivity index is 2.36. The highest BCUT2D eigenvalue weighted by molar-refractivity contribution is 7.77. The maximum Gasteiger partial charge on any atom is 0.0587 e. The second kappa shape index (κ2) is 5.58. The molecule has 0 saturated carbocycles. The number of nitrogens with one attached hydrogen (secondary N) is 1. The number of benzene rings is 2. The topological polar surface area (TPSA) is 55.4 Å². The van der Waals surface area contributed by atoms with Gasteiger partial charge in [0.1, 0.15) is 0 Å². The van der Waals surface area contributed by atoms with Gasteiger partial charge in [0.2, 0.25) is 0 Å². The van der Waals surface area contributed by atoms with Crippen LogP contribution in [0.3, 0.4) is 0 Å². The number of para-hydroxylation sites is 2. The SMILES string of the molecule is O=S([O-])NN(c1ccccc1)c1ccccc1. The summed E-state index contributed by atoms with van der Waals surface area (Å²) in [5.74, 6) is 0. The van der Waals surface area contributed by atoms with Gasteiger partial charge in [-0.25, -0.2) is 0 Å². The van der Waals surface area contributed by atoms with Gasteiger partial charge in [0, 0.05) is 11.3 Å². The number of hydrazine groups is 1. The molecule has 0 heterocycles. The van der Waals surface area contributed by atoms with Gasteiger partial charge >= 0.3 is 0 Å². The van der Waals surface area contributed by atoms with Crippen molar-refractivity contribution in [3.63, 3.8) is 0 Å². The summed E-state index contributed by atoms with van der Waals surface area (Å²) < 4.78 is 21.6. The van der Waals surface area contributed by atoms with E-state index in [1.165, 1.54) is 5.01 Å². The second-order valence-corrected chi connectivity index (χ2v) is 3.98. The molecule has 0 aliphatic heterocycles. The van der Waals surface area contributed by atoms with Gasteiger partial charge in [0.15, 0.2) is 0 Å². The molecule has 0 aromatic heterocycles. The van der Waals surface area contributed by atoms with Crippen LogP contribution in [0.1, 0.15) is 0 Å². The van der Waals surface area contributed by atoms with Gasteiger partial charge in [-0.3, -0.25) is 9.22 Å². The smallest absolute Gasteiger partial charge is 0.0587 e. The molecule has 0 saturated heterocycles. The number of anilines is 2. The van der Waals surface area contributed by atoms with Crippen molar-refractivity contribution >= 4 is 22.6 Å². The van der Waals surface area contributed by atoms with Crippen LogP contribution in [0.4, 0.5) is 11.4 Å². The number of hydrogen-bond acceptors (Lipinski definition) is 3. The van der Waals surface area contributed by atoms with Gasteiger partial charge in [-0.05, 0) is 24.3 Å². The average Bonchev–Trinajstić information content (AvgIpc) is 2.38. The minimum absolute atomic E-state index is 0.753. The second-order valence-electron chi connectivity index (χ2n) is 3.33. The summed E-state index contributed by atoms with van der Waals surface area (Å²) in [4.78, 5) is 2.36. The van der Waals surface area contributed by atoms with Gasteiger partial charge < -0.3 is 4.55 Å². The van der Waals surface area contributed by atoms with E-state index in [1.807, 2.05) is 60.7 Å². The summed E-state index contributed by atoms with van der Waals surface area (Å²) in [6, 6.07) is 18.4. The number of hydrogen-bond donors (Lipinski definition) is 1. The summed E-state index contributed by atoms with van der Waals surface area (Å²) in [6.07, 6.45) is 0. The average molecular weight is 247 g/mol. The Bertz CT molecular complexity index is 451. The van der Waals surface area contributed by atoms with Crippen LogP contribution >= 0.6 is 0 Å². The molecule has 2 aromatic rings. The number of rotatable bonds is 4. The first-order valence-corrected chi connectivity index (χ1v) is 6.10. The fourth-order valence-electron chi connectivity index (χ4n) is 1.48. The van der Waals surface area contributed by atoms with E-state index in [0.29, 0.717) is 0 Å². The van der Waals surface area contributed by atoms with E-state index in [0.717, 1.165) is 11.4 Å². The van der Waals surface area contributed by atoms with Crippen LogP contribution < -0.4 is 9.84 Å². The maximum atomic E-state index is 10.8. The Hall–Kier alpha value is -1.69. The van der Waals surface area contributed by atoms with Crippen LogP contribution in [0.15, 0.2) is 60.7 Å². The summed E-state index contributed by atoms with van der Waals surface area (Å²) in [5, 5.41) is 1.50. The number of nitrogens with zero attached hydrogens (tertiary/aromatic N) is 1. The van der Waals surface area contributed by atoms with Crippen LogP contribution in [0.2, 0.25) is 0 Å². The van der Waals surface area contributed by atoms with Crippen LogP contribution in [0.5, 0.6) is 0 Å². The van der Waals surface area contributed by atoms with Crippen molar-refractivity contribution in [3.8, 4) is 0 Å². The van der Waals surface area contributed by atoms with E-state index in [-0.39, 0.29) is 0 Å². The molecule has 0 radical (unpaired) electrons. The highest BCUT2D eigenvalue weighted by atomic mass is 32.2. The predicted molar refractivity (Wildman–Crippen MR) is 67.1 cm³/mol. The Kier molecular flexibility index (Phi) is 3.87. The highest BCUT2D eigenvalue weighted by Gasteiger charge is 2.07. The van der Waals surface area contributed by atoms with Crippen molar-refractivity contribution in [3.05, 3.63) is 60.7 Å². The molecule has 0 amide bonds. The third-order valence-electron chi connectivity index (χ3n) is 2.19. The van der Waals surface area contributed by atoms with Crippen molar-refractivity contribution in [2.75, 3.05) is 5.01 Å². The molecule has 0 spiro atoms. The maximum absolute atomic E-state index is 10.8. The summed E-state index contributed by atoms with van der Waals surface area (Å²) in [5.41, 5.74) is 1.51. The molecule has 88 valence electrons. The standard InChI is InChI=1S/C12H12N2O2S/c15-17(16)13-14(11-7-3-1-4-8-11)12-9-5-2-6-10-12/h1-10,13H,(H,15,16)/p-1. The fraction of sp³-hybridized carbons (Fsp3) is 0. The van der Waals surface area contributed by atoms with Crippen LogP contribution in [-0.4, -0.2) is 8.76 Å². The molecule has 1 atom stereocenters. The minimum atomic E-state index is -2.37. The molecule has 0 bridgehead atoms. The van der Waals surface area contributed by atoms with Crippen LogP contribution in [0.25, 0.3) is 0 Å². The zero-order valence-corrected chi connectivity index (χ0v) is 9.76. The molecular weight excluding hydrogens is 236 g/mol. The van der Waals surface area contributed by atoms with Crippen LogP contribution in [-0.2, 0) is 11.3 Å². The third kappa shape index (κ3) is 3.13. The van der Waals surface area contributed by atoms with Gasteiger partial charge in [0.05, 0.1) is 11.4 Å². The van der Waals surface area contributed by atoms with Gasteiger partial charge in [-0.2, -0.15) is 4.83 Å². The largest absolute Gasteiger partial charge is 0.759 e. The molecule has 0 aliphatic rings. The molecule has 2 rings (SSSR count). The predicted octanol–water partition coefficient (Wildman–Crippen LogP) is 2.12. The first-order chi connectivity index (χ1) is 8.27. The quantitative estimate of drug-likeness (QED) is 0.665. The van der Waals surface area contributed by atoms with E-state index >= 15 is 0 Å². The Morgan fingerprint density at radius 2 is 1.29 bits per heavy atom. The molecule has 2 aromatic carbocycles. The highest BCUT2D eigenvalue weighted by Crippen LogP contribution is 2.22. The molecule has 1 N–H and O–H groups in total. The normalized spacial score (nSPS) is 12.1. The van der Waals surface area contributed by atoms with E-state index < -0.39 is 11.3 Å². The molecular formula is C12H11N2O2S-. The van der Waals surface area contributed by atoms with Crippen LogP contribution in [0, 0.1) is 0 Å². The zero-order valence-electron chi connectivity index (χ0n) is 8.95. The van der Waals surface area contributed by atoms with Crippen molar-refractivity contribution < 1.29 is 8.76 Å². The lowest BCUT2D eigenvalue weighted by atomic mass is 10.2. The first-order valence-electron chi connectivity index (χ1n) is 5.03. The molecule has 1 unspecified atom stereocenters. The van der Waals surface area contributed by atoms with Crippen molar-refractivity contribution in [1.82, 2.24) is 4.83 Å². The summed E-state index contributed by atoms with van der Waals surface area (Å²) >= 11 is -2.37. The molecule has 17 heavy (non-hydrogen) atoms. The Labute approximate surface area is 102 Å². The summed E-state index contributed by atoms with van der Waals surface area (Å²) in [6.45, 7) is 0. The molecule has 0 fully saturated rings. The zero-order chi connectivity index (χ0) is 12.1. The minimum Gasteiger partial charge on any atom is -0.759 e. The van der Waals surface area contributed by atoms with Crippen molar-refractivity contribution in [1.29, 1.82) is 0 Å². The third-order valence-corrected chi connectivity index (χ3v) is 2.53. The van der Waals surface area contributed by atoms with Crippen molar-refractivity contribution in [2.24, 2.45) is 0 Å². The van der Waals surface area contributed by atoms with E-state index in [2.05, 4.69) is 4.83 Å². The lowest BCUT2D eigenvalue weighted by Gasteiger charge is -2.26. The van der Waals surface area contributed by atoms with E-state index in [4.69, 9.17) is 0 Å². The lowest BCUT2D eigenvalue weighted by molar-refractivity contribution is 0.524. The Morgan fingerprint density at radius 1 is 0.882 bits per heavy atom. The molecule has 0 aliphatic carbocycles. The molecule has 5 heteroatoms. The monoisotopic (exact) mass is 247 g/mol. The summed E-state index contributed by atoms with van der Waals surface area (Å²) in [7, 11) is 0. The first kappa shape index (κ1) is 11.8. The Morgan fingerprint density at radius 3 is 1.65 bits per heavy atom. The van der Waals surface area contributed by atoms with E-state index in [9.17, 15) is 8.76 Å². The van der Waals surface area contributed by atoms with E-state index in [1.54, 1.807) is 0 Å². The van der Waals surface area contributed by atoms with Crippen molar-refractivity contribution in [2.45, 2.75) is 0 Å². The fourth-order valence-corrected chi connectivity index (χ4v) is 1.84.